The van der Waals surface area contributed by atoms with Crippen molar-refractivity contribution in [2.24, 2.45) is 10.5 Å². The number of nitrogens with zero attached hydrogens (tertiary/aromatic N) is 4. The fourth-order valence-electron chi connectivity index (χ4n) is 3.21. The lowest BCUT2D eigenvalue weighted by molar-refractivity contribution is -0.384. The van der Waals surface area contributed by atoms with E-state index >= 15 is 0 Å². The molecule has 0 amide bonds. The average Bonchev–Trinajstić information content (AvgIpc) is 2.61. The van der Waals surface area contributed by atoms with Crippen LogP contribution in [-0.4, -0.2) is 23.3 Å². The minimum Gasteiger partial charge on any atom is -0.465 e. The Balaban J connectivity index is 2.56. The third-order valence-corrected chi connectivity index (χ3v) is 4.42. The van der Waals surface area contributed by atoms with E-state index in [0.29, 0.717) is 18.4 Å². The van der Waals surface area contributed by atoms with Crippen molar-refractivity contribution >= 4 is 17.4 Å². The normalized spacial score (nSPS) is 21.1. The van der Waals surface area contributed by atoms with E-state index in [1.807, 2.05) is 0 Å². The Bertz CT molecular complexity index is 727. The summed E-state index contributed by atoms with van der Waals surface area (Å²) in [7, 11) is 0. The van der Waals surface area contributed by atoms with E-state index in [9.17, 15) is 19.7 Å². The number of benzene rings is 1. The van der Waals surface area contributed by atoms with Crippen molar-refractivity contribution < 1.29 is 19.2 Å². The van der Waals surface area contributed by atoms with Crippen LogP contribution in [-0.2, 0) is 14.3 Å². The average molecular weight is 346 g/mol. The van der Waals surface area contributed by atoms with Gasteiger partial charge in [-0.05, 0) is 30.9 Å². The van der Waals surface area contributed by atoms with E-state index in [-0.39, 0.29) is 30.9 Å². The third-order valence-electron chi connectivity index (χ3n) is 4.42. The van der Waals surface area contributed by atoms with Crippen molar-refractivity contribution in [1.82, 2.24) is 0 Å². The molecule has 0 spiro atoms. The zero-order valence-electron chi connectivity index (χ0n) is 13.8. The summed E-state index contributed by atoms with van der Waals surface area (Å²) in [5, 5.41) is 14.5. The first kappa shape index (κ1) is 18.4. The third kappa shape index (κ3) is 3.46. The molecule has 0 saturated heterocycles. The van der Waals surface area contributed by atoms with Crippen molar-refractivity contribution in [2.45, 2.75) is 38.6 Å². The Morgan fingerprint density at radius 2 is 2.12 bits per heavy atom. The molecule has 9 heteroatoms. The van der Waals surface area contributed by atoms with Crippen LogP contribution < -0.4 is 0 Å². The molecule has 132 valence electrons. The molecular weight excluding hydrogens is 328 g/mol. The number of esters is 1. The molecule has 2 rings (SSSR count). The SMILES string of the molecule is CCOC(=O)C1(C(N=[N+]=[N-])c2ccc([N+](=O)[O-])cc2)CCCCC1=O. The van der Waals surface area contributed by atoms with E-state index < -0.39 is 22.3 Å². The minimum atomic E-state index is -1.59. The number of hydrogen-bond donors (Lipinski definition) is 0. The van der Waals surface area contributed by atoms with Gasteiger partial charge in [0, 0.05) is 23.5 Å². The summed E-state index contributed by atoms with van der Waals surface area (Å²) in [5.74, 6) is -1.04. The van der Waals surface area contributed by atoms with Crippen molar-refractivity contribution in [2.75, 3.05) is 6.61 Å². The van der Waals surface area contributed by atoms with E-state index in [4.69, 9.17) is 10.3 Å². The molecule has 0 heterocycles. The number of ketones is 1. The number of azide groups is 1. The number of carbonyl (C=O) groups excluding carboxylic acids is 2. The van der Waals surface area contributed by atoms with Gasteiger partial charge in [0.05, 0.1) is 17.6 Å². The summed E-state index contributed by atoms with van der Waals surface area (Å²) in [4.78, 5) is 38.4. The quantitative estimate of drug-likeness (QED) is 0.147. The predicted molar refractivity (Wildman–Crippen MR) is 87.5 cm³/mol. The number of non-ortho nitro benzene ring substituents is 1. The summed E-state index contributed by atoms with van der Waals surface area (Å²) in [6.07, 6.45) is 1.69. The summed E-state index contributed by atoms with van der Waals surface area (Å²) in [6, 6.07) is 4.20. The molecule has 1 fully saturated rings. The number of Topliss-reactive ketones (excluding diaryl/α,β-unsaturated/α-hetero) is 1. The van der Waals surface area contributed by atoms with E-state index in [1.54, 1.807) is 6.92 Å². The lowest BCUT2D eigenvalue weighted by atomic mass is 9.66. The molecule has 2 atom stereocenters. The van der Waals surface area contributed by atoms with E-state index in [2.05, 4.69) is 10.0 Å². The van der Waals surface area contributed by atoms with Gasteiger partial charge in [-0.15, -0.1) is 0 Å². The van der Waals surface area contributed by atoms with E-state index in [1.165, 1.54) is 24.3 Å². The summed E-state index contributed by atoms with van der Waals surface area (Å²) in [6.45, 7) is 1.73. The zero-order chi connectivity index (χ0) is 18.4. The maximum atomic E-state index is 12.7. The maximum Gasteiger partial charge on any atom is 0.320 e. The highest BCUT2D eigenvalue weighted by molar-refractivity contribution is 6.05. The molecule has 1 aromatic rings. The first-order valence-electron chi connectivity index (χ1n) is 7.96. The van der Waals surface area contributed by atoms with Crippen LogP contribution in [0.5, 0.6) is 0 Å². The Morgan fingerprint density at radius 3 is 2.64 bits per heavy atom. The molecule has 0 aromatic heterocycles. The number of rotatable bonds is 6. The van der Waals surface area contributed by atoms with Crippen LogP contribution in [0.1, 0.15) is 44.2 Å². The van der Waals surface area contributed by atoms with Crippen LogP contribution in [0.15, 0.2) is 29.4 Å². The van der Waals surface area contributed by atoms with Crippen molar-refractivity contribution in [3.8, 4) is 0 Å². The van der Waals surface area contributed by atoms with Crippen LogP contribution in [0.3, 0.4) is 0 Å². The van der Waals surface area contributed by atoms with Gasteiger partial charge in [-0.3, -0.25) is 19.7 Å². The molecule has 0 N–H and O–H groups in total. The van der Waals surface area contributed by atoms with Gasteiger partial charge in [0.2, 0.25) is 0 Å². The monoisotopic (exact) mass is 346 g/mol. The van der Waals surface area contributed by atoms with Gasteiger partial charge in [0.1, 0.15) is 5.41 Å². The molecular formula is C16H18N4O5. The van der Waals surface area contributed by atoms with Crippen LogP contribution in [0, 0.1) is 15.5 Å². The molecule has 9 nitrogen and oxygen atoms in total. The second-order valence-electron chi connectivity index (χ2n) is 5.78. The molecule has 1 aromatic carbocycles. The molecule has 2 unspecified atom stereocenters. The highest BCUT2D eigenvalue weighted by atomic mass is 16.6. The number of carbonyl (C=O) groups is 2. The Morgan fingerprint density at radius 1 is 1.44 bits per heavy atom. The zero-order valence-corrected chi connectivity index (χ0v) is 13.8. The molecule has 0 bridgehead atoms. The smallest absolute Gasteiger partial charge is 0.320 e. The summed E-state index contributed by atoms with van der Waals surface area (Å²) in [5.41, 5.74) is 7.62. The van der Waals surface area contributed by atoms with Gasteiger partial charge in [-0.2, -0.15) is 0 Å². The fraction of sp³-hybridized carbons (Fsp3) is 0.500. The van der Waals surface area contributed by atoms with Gasteiger partial charge in [-0.1, -0.05) is 23.7 Å². The summed E-state index contributed by atoms with van der Waals surface area (Å²) >= 11 is 0. The van der Waals surface area contributed by atoms with Crippen LogP contribution >= 0.6 is 0 Å². The van der Waals surface area contributed by atoms with Crippen molar-refractivity contribution in [1.29, 1.82) is 0 Å². The number of ether oxygens (including phenoxy) is 1. The van der Waals surface area contributed by atoms with Crippen LogP contribution in [0.4, 0.5) is 5.69 Å². The molecule has 1 saturated carbocycles. The van der Waals surface area contributed by atoms with E-state index in [0.717, 1.165) is 0 Å². The maximum absolute atomic E-state index is 12.7. The lowest BCUT2D eigenvalue weighted by Crippen LogP contribution is -2.47. The minimum absolute atomic E-state index is 0.0944. The summed E-state index contributed by atoms with van der Waals surface area (Å²) < 4.78 is 5.11. The fourth-order valence-corrected chi connectivity index (χ4v) is 3.21. The first-order chi connectivity index (χ1) is 12.0. The second kappa shape index (κ2) is 7.76. The van der Waals surface area contributed by atoms with Crippen molar-refractivity contribution in [3.63, 3.8) is 0 Å². The van der Waals surface area contributed by atoms with Crippen molar-refractivity contribution in [3.05, 3.63) is 50.4 Å². The topological polar surface area (TPSA) is 135 Å². The Kier molecular flexibility index (Phi) is 5.71. The van der Waals surface area contributed by atoms with Gasteiger partial charge in [0.25, 0.3) is 5.69 Å². The second-order valence-corrected chi connectivity index (χ2v) is 5.78. The molecule has 0 aliphatic heterocycles. The first-order valence-corrected chi connectivity index (χ1v) is 7.96. The Labute approximate surface area is 143 Å². The number of nitro groups is 1. The van der Waals surface area contributed by atoms with Crippen LogP contribution in [0.2, 0.25) is 0 Å². The molecule has 0 radical (unpaired) electrons. The number of nitro benzene ring substituents is 1. The lowest BCUT2D eigenvalue weighted by Gasteiger charge is -2.37. The Hall–Kier alpha value is -2.93. The van der Waals surface area contributed by atoms with Gasteiger partial charge >= 0.3 is 5.97 Å². The molecule has 1 aliphatic carbocycles. The molecule has 1 aliphatic rings. The van der Waals surface area contributed by atoms with Gasteiger partial charge in [-0.25, -0.2) is 0 Å². The van der Waals surface area contributed by atoms with Gasteiger partial charge < -0.3 is 4.74 Å². The standard InChI is InChI=1S/C16H18N4O5/c1-2-25-15(22)16(10-4-3-5-13(16)21)14(18-19-17)11-6-8-12(9-7-11)20(23)24/h6-9,14H,2-5,10H2,1H3. The highest BCUT2D eigenvalue weighted by Crippen LogP contribution is 2.47. The number of hydrogen-bond acceptors (Lipinski definition) is 6. The largest absolute Gasteiger partial charge is 0.465 e. The van der Waals surface area contributed by atoms with Gasteiger partial charge in [0.15, 0.2) is 5.78 Å². The highest BCUT2D eigenvalue weighted by Gasteiger charge is 2.54. The van der Waals surface area contributed by atoms with Crippen LogP contribution in [0.25, 0.3) is 10.4 Å². The predicted octanol–water partition coefficient (Wildman–Crippen LogP) is 3.64. The molecule has 25 heavy (non-hydrogen) atoms.